The number of carbonyl (C=O) groups excluding carboxylic acids is 1. The van der Waals surface area contributed by atoms with Crippen molar-refractivity contribution in [1.82, 2.24) is 15.3 Å². The number of ether oxygens (including phenoxy) is 1. The SMILES string of the molecule is C=C/C(=C\C=C/C)NC(=O)C1CC1(COc1cnc(C)nc1C)c1ccccc1C. The third-order valence-electron chi connectivity index (χ3n) is 5.57. The number of hydrogen-bond acceptors (Lipinski definition) is 4. The highest BCUT2D eigenvalue weighted by Crippen LogP contribution is 2.55. The first kappa shape index (κ1) is 21.5. The van der Waals surface area contributed by atoms with Gasteiger partial charge in [-0.05, 0) is 57.4 Å². The molecule has 1 aromatic carbocycles. The van der Waals surface area contributed by atoms with Crippen LogP contribution in [-0.4, -0.2) is 22.5 Å². The van der Waals surface area contributed by atoms with Crippen LogP contribution in [-0.2, 0) is 10.2 Å². The Morgan fingerprint density at radius 2 is 2.10 bits per heavy atom. The number of benzene rings is 1. The summed E-state index contributed by atoms with van der Waals surface area (Å²) >= 11 is 0. The molecule has 2 aromatic rings. The van der Waals surface area contributed by atoms with Crippen molar-refractivity contribution in [2.45, 2.75) is 39.5 Å². The molecule has 1 aromatic heterocycles. The van der Waals surface area contributed by atoms with E-state index in [1.54, 1.807) is 12.3 Å². The van der Waals surface area contributed by atoms with Crippen LogP contribution < -0.4 is 10.1 Å². The number of nitrogens with zero attached hydrogens (tertiary/aromatic N) is 2. The molecule has 1 aliphatic carbocycles. The molecule has 5 nitrogen and oxygen atoms in total. The summed E-state index contributed by atoms with van der Waals surface area (Å²) in [5.41, 5.74) is 3.41. The number of aromatic nitrogens is 2. The Morgan fingerprint density at radius 1 is 1.33 bits per heavy atom. The molecule has 5 heteroatoms. The maximum Gasteiger partial charge on any atom is 0.228 e. The quantitative estimate of drug-likeness (QED) is 0.659. The minimum absolute atomic E-state index is 0.0191. The average molecular weight is 404 g/mol. The molecule has 3 rings (SSSR count). The second kappa shape index (κ2) is 9.08. The van der Waals surface area contributed by atoms with Crippen molar-refractivity contribution >= 4 is 5.91 Å². The second-order valence-electron chi connectivity index (χ2n) is 7.72. The molecule has 2 unspecified atom stereocenters. The number of aryl methyl sites for hydroxylation is 3. The van der Waals surface area contributed by atoms with Gasteiger partial charge < -0.3 is 10.1 Å². The number of rotatable bonds is 8. The molecular weight excluding hydrogens is 374 g/mol. The zero-order valence-corrected chi connectivity index (χ0v) is 18.1. The molecule has 2 atom stereocenters. The fourth-order valence-electron chi connectivity index (χ4n) is 3.83. The van der Waals surface area contributed by atoms with Gasteiger partial charge in [0.05, 0.1) is 24.4 Å². The predicted octanol–water partition coefficient (Wildman–Crippen LogP) is 4.50. The third-order valence-corrected chi connectivity index (χ3v) is 5.57. The lowest BCUT2D eigenvalue weighted by Gasteiger charge is -2.21. The summed E-state index contributed by atoms with van der Waals surface area (Å²) in [5.74, 6) is 1.16. The molecule has 30 heavy (non-hydrogen) atoms. The van der Waals surface area contributed by atoms with E-state index in [0.29, 0.717) is 23.9 Å². The lowest BCUT2D eigenvalue weighted by atomic mass is 9.90. The number of hydrogen-bond donors (Lipinski definition) is 1. The summed E-state index contributed by atoms with van der Waals surface area (Å²) in [7, 11) is 0. The summed E-state index contributed by atoms with van der Waals surface area (Å²) in [4.78, 5) is 21.7. The van der Waals surface area contributed by atoms with Crippen molar-refractivity contribution in [3.05, 3.63) is 89.7 Å². The predicted molar refractivity (Wildman–Crippen MR) is 119 cm³/mol. The van der Waals surface area contributed by atoms with Crippen LogP contribution in [0.25, 0.3) is 0 Å². The number of nitrogens with one attached hydrogen (secondary N) is 1. The van der Waals surface area contributed by atoms with Gasteiger partial charge in [0, 0.05) is 11.1 Å². The topological polar surface area (TPSA) is 64.1 Å². The fraction of sp³-hybridized carbons (Fsp3) is 0.320. The molecule has 1 fully saturated rings. The molecule has 156 valence electrons. The van der Waals surface area contributed by atoms with E-state index in [0.717, 1.165) is 23.2 Å². The van der Waals surface area contributed by atoms with E-state index in [-0.39, 0.29) is 17.2 Å². The highest BCUT2D eigenvalue weighted by molar-refractivity contribution is 5.86. The van der Waals surface area contributed by atoms with Gasteiger partial charge in [-0.3, -0.25) is 4.79 Å². The van der Waals surface area contributed by atoms with Crippen molar-refractivity contribution in [3.63, 3.8) is 0 Å². The van der Waals surface area contributed by atoms with Crippen molar-refractivity contribution in [2.75, 3.05) is 6.61 Å². The van der Waals surface area contributed by atoms with Crippen LogP contribution in [0.1, 0.15) is 36.0 Å². The van der Waals surface area contributed by atoms with Gasteiger partial charge in [-0.15, -0.1) is 0 Å². The molecule has 1 saturated carbocycles. The van der Waals surface area contributed by atoms with Crippen molar-refractivity contribution < 1.29 is 9.53 Å². The van der Waals surface area contributed by atoms with Crippen LogP contribution in [0.2, 0.25) is 0 Å². The molecule has 0 spiro atoms. The first-order valence-electron chi connectivity index (χ1n) is 10.2. The number of carbonyl (C=O) groups is 1. The fourth-order valence-corrected chi connectivity index (χ4v) is 3.83. The normalized spacial score (nSPS) is 20.8. The Balaban J connectivity index is 1.85. The first-order valence-corrected chi connectivity index (χ1v) is 10.2. The van der Waals surface area contributed by atoms with E-state index in [2.05, 4.69) is 40.9 Å². The van der Waals surface area contributed by atoms with Gasteiger partial charge in [0.25, 0.3) is 0 Å². The van der Waals surface area contributed by atoms with Gasteiger partial charge >= 0.3 is 0 Å². The molecule has 1 aliphatic rings. The van der Waals surface area contributed by atoms with Crippen molar-refractivity contribution in [3.8, 4) is 5.75 Å². The van der Waals surface area contributed by atoms with E-state index in [9.17, 15) is 4.79 Å². The van der Waals surface area contributed by atoms with Crippen LogP contribution >= 0.6 is 0 Å². The van der Waals surface area contributed by atoms with E-state index >= 15 is 0 Å². The summed E-state index contributed by atoms with van der Waals surface area (Å²) in [6.07, 6.45) is 9.71. The van der Waals surface area contributed by atoms with Crippen molar-refractivity contribution in [2.24, 2.45) is 5.92 Å². The monoisotopic (exact) mass is 403 g/mol. The van der Waals surface area contributed by atoms with Gasteiger partial charge in [-0.25, -0.2) is 9.97 Å². The highest BCUT2D eigenvalue weighted by atomic mass is 16.5. The zero-order chi connectivity index (χ0) is 21.7. The molecule has 0 bridgehead atoms. The zero-order valence-electron chi connectivity index (χ0n) is 18.1. The average Bonchev–Trinajstić information content (AvgIpc) is 3.46. The lowest BCUT2D eigenvalue weighted by molar-refractivity contribution is -0.122. The Kier molecular flexibility index (Phi) is 6.50. The molecule has 1 N–H and O–H groups in total. The van der Waals surface area contributed by atoms with E-state index in [1.807, 2.05) is 51.1 Å². The maximum absolute atomic E-state index is 13.1. The number of allylic oxidation sites excluding steroid dienone is 4. The maximum atomic E-state index is 13.1. The standard InChI is InChI=1S/C25H29N3O2/c1-6-8-12-20(7-2)28-24(29)22-14-25(22,21-13-10-9-11-17(21)3)16-30-23-15-26-19(5)27-18(23)4/h6-13,15,22H,2,14,16H2,1,3-5H3,(H,28,29)/b8-6-,20-12+. The largest absolute Gasteiger partial charge is 0.489 e. The van der Waals surface area contributed by atoms with Crippen molar-refractivity contribution in [1.29, 1.82) is 0 Å². The Hall–Kier alpha value is -3.21. The van der Waals surface area contributed by atoms with Crippen LogP contribution in [0.15, 0.2) is 67.0 Å². The third kappa shape index (κ3) is 4.51. The molecule has 0 saturated heterocycles. The summed E-state index contributed by atoms with van der Waals surface area (Å²) in [5, 5.41) is 3.00. The number of amides is 1. The van der Waals surface area contributed by atoms with Gasteiger partial charge in [-0.2, -0.15) is 0 Å². The van der Waals surface area contributed by atoms with Crippen LogP contribution in [0.5, 0.6) is 5.75 Å². The van der Waals surface area contributed by atoms with E-state index in [4.69, 9.17) is 4.74 Å². The first-order chi connectivity index (χ1) is 14.4. The summed E-state index contributed by atoms with van der Waals surface area (Å²) in [6, 6.07) is 8.19. The van der Waals surface area contributed by atoms with Gasteiger partial charge in [0.15, 0.2) is 5.75 Å². The molecule has 0 radical (unpaired) electrons. The smallest absolute Gasteiger partial charge is 0.228 e. The Morgan fingerprint density at radius 3 is 2.77 bits per heavy atom. The van der Waals surface area contributed by atoms with Gasteiger partial charge in [0.2, 0.25) is 5.91 Å². The highest BCUT2D eigenvalue weighted by Gasteiger charge is 2.60. The van der Waals surface area contributed by atoms with E-state index in [1.165, 1.54) is 0 Å². The van der Waals surface area contributed by atoms with Crippen LogP contribution in [0, 0.1) is 26.7 Å². The Labute approximate surface area is 178 Å². The van der Waals surface area contributed by atoms with Crippen LogP contribution in [0.3, 0.4) is 0 Å². The molecule has 1 amide bonds. The van der Waals surface area contributed by atoms with Gasteiger partial charge in [0.1, 0.15) is 5.82 Å². The van der Waals surface area contributed by atoms with Gasteiger partial charge in [-0.1, -0.05) is 43.0 Å². The summed E-state index contributed by atoms with van der Waals surface area (Å²) in [6.45, 7) is 11.9. The molecule has 1 heterocycles. The minimum atomic E-state index is -0.375. The van der Waals surface area contributed by atoms with E-state index < -0.39 is 0 Å². The molecular formula is C25H29N3O2. The second-order valence-corrected chi connectivity index (χ2v) is 7.72. The summed E-state index contributed by atoms with van der Waals surface area (Å²) < 4.78 is 6.15. The minimum Gasteiger partial charge on any atom is -0.489 e. The molecule has 0 aliphatic heterocycles. The lowest BCUT2D eigenvalue weighted by Crippen LogP contribution is -2.31. The van der Waals surface area contributed by atoms with Crippen LogP contribution in [0.4, 0.5) is 0 Å². The Bertz CT molecular complexity index is 1010.